The van der Waals surface area contributed by atoms with Crippen molar-refractivity contribution in [3.05, 3.63) is 72.3 Å². The van der Waals surface area contributed by atoms with Crippen molar-refractivity contribution in [1.82, 2.24) is 0 Å². The first-order valence-corrected chi connectivity index (χ1v) is 6.11. The fraction of sp³-hybridized carbons (Fsp3) is 0.250. The highest BCUT2D eigenvalue weighted by molar-refractivity contribution is 5.38. The van der Waals surface area contributed by atoms with Gasteiger partial charge in [-0.2, -0.15) is 26.3 Å². The number of ether oxygens (including phenoxy) is 1. The minimum absolute atomic E-state index is 0.290. The molecule has 0 radical (unpaired) electrons. The Labute approximate surface area is 130 Å². The van der Waals surface area contributed by atoms with Gasteiger partial charge in [0.1, 0.15) is 11.5 Å². The number of alkyl halides is 6. The molecule has 0 aromatic carbocycles. The average Bonchev–Trinajstić information content (AvgIpc) is 2.29. The first-order valence-electron chi connectivity index (χ1n) is 6.11. The second kappa shape index (κ2) is 7.39. The van der Waals surface area contributed by atoms with E-state index in [1.165, 1.54) is 0 Å². The highest BCUT2D eigenvalue weighted by atomic mass is 19.4. The van der Waals surface area contributed by atoms with E-state index >= 15 is 0 Å². The van der Waals surface area contributed by atoms with Gasteiger partial charge in [0.2, 0.25) is 0 Å². The summed E-state index contributed by atoms with van der Waals surface area (Å²) in [5, 5.41) is 0. The summed E-state index contributed by atoms with van der Waals surface area (Å²) in [6.45, 7) is 15.0. The lowest BCUT2D eigenvalue weighted by Gasteiger charge is -2.14. The van der Waals surface area contributed by atoms with Crippen LogP contribution >= 0.6 is 0 Å². The van der Waals surface area contributed by atoms with Crippen molar-refractivity contribution in [2.75, 3.05) is 0 Å². The summed E-state index contributed by atoms with van der Waals surface area (Å²) in [6.07, 6.45) is -8.31. The number of rotatable bonds is 6. The molecular weight excluding hydrogens is 322 g/mol. The van der Waals surface area contributed by atoms with Gasteiger partial charge in [-0.25, -0.2) is 0 Å². The Hall–Kier alpha value is -2.18. The number of halogens is 6. The molecule has 0 N–H and O–H groups in total. The molecule has 0 amide bonds. The fourth-order valence-electron chi connectivity index (χ4n) is 1.44. The van der Waals surface area contributed by atoms with Gasteiger partial charge in [0.05, 0.1) is 11.1 Å². The van der Waals surface area contributed by atoms with Gasteiger partial charge < -0.3 is 4.74 Å². The molecule has 0 atom stereocenters. The minimum atomic E-state index is -4.69. The van der Waals surface area contributed by atoms with Crippen LogP contribution in [0.15, 0.2) is 72.3 Å². The maximum atomic E-state index is 12.7. The lowest BCUT2D eigenvalue weighted by molar-refractivity contribution is -0.0901. The standard InChI is InChI=1S/C16H16F6O/c1-9(2)13(15(17,18)19)7-11(5)23-12(6)8-14(10(3)4)16(20,21)22/h7-8H,1,3,5-6H2,2,4H3/b13-7+,14-8+. The summed E-state index contributed by atoms with van der Waals surface area (Å²) >= 11 is 0. The van der Waals surface area contributed by atoms with Crippen LogP contribution in [0.3, 0.4) is 0 Å². The summed E-state index contributed by atoms with van der Waals surface area (Å²) in [7, 11) is 0. The molecule has 0 fully saturated rings. The number of hydrogen-bond donors (Lipinski definition) is 0. The predicted octanol–water partition coefficient (Wildman–Crippen LogP) is 6.16. The highest BCUT2D eigenvalue weighted by Gasteiger charge is 2.35. The summed E-state index contributed by atoms with van der Waals surface area (Å²) in [4.78, 5) is 0. The van der Waals surface area contributed by atoms with E-state index in [2.05, 4.69) is 26.3 Å². The third-order valence-corrected chi connectivity index (χ3v) is 2.40. The summed E-state index contributed by atoms with van der Waals surface area (Å²) in [6, 6.07) is 0. The summed E-state index contributed by atoms with van der Waals surface area (Å²) < 4.78 is 81.1. The van der Waals surface area contributed by atoms with E-state index in [0.29, 0.717) is 12.2 Å². The van der Waals surface area contributed by atoms with E-state index in [0.717, 1.165) is 13.8 Å². The predicted molar refractivity (Wildman–Crippen MR) is 77.3 cm³/mol. The highest BCUT2D eigenvalue weighted by Crippen LogP contribution is 2.33. The largest absolute Gasteiger partial charge is 0.459 e. The molecule has 0 unspecified atom stereocenters. The SMILES string of the molecule is C=C(/C=C(\C(=C)C)C(F)(F)F)OC(=C)/C=C(\C(=C)C)C(F)(F)F. The molecule has 1 nitrogen and oxygen atoms in total. The molecule has 0 saturated carbocycles. The molecule has 0 aromatic heterocycles. The zero-order valence-electron chi connectivity index (χ0n) is 12.7. The van der Waals surface area contributed by atoms with Crippen LogP contribution < -0.4 is 0 Å². The monoisotopic (exact) mass is 338 g/mol. The zero-order chi connectivity index (χ0) is 18.6. The van der Waals surface area contributed by atoms with Crippen LogP contribution in [0.5, 0.6) is 0 Å². The lowest BCUT2D eigenvalue weighted by Crippen LogP contribution is -2.13. The molecule has 0 saturated heterocycles. The summed E-state index contributed by atoms with van der Waals surface area (Å²) in [5.74, 6) is -1.05. The van der Waals surface area contributed by atoms with Crippen molar-refractivity contribution in [3.63, 3.8) is 0 Å². The van der Waals surface area contributed by atoms with Gasteiger partial charge >= 0.3 is 12.4 Å². The molecule has 0 spiro atoms. The van der Waals surface area contributed by atoms with Crippen molar-refractivity contribution >= 4 is 0 Å². The minimum Gasteiger partial charge on any atom is -0.459 e. The van der Waals surface area contributed by atoms with Gasteiger partial charge in [-0.05, 0) is 37.1 Å². The van der Waals surface area contributed by atoms with Crippen LogP contribution in [0, 0.1) is 0 Å². The second-order valence-corrected chi connectivity index (χ2v) is 4.71. The molecule has 0 bridgehead atoms. The van der Waals surface area contributed by atoms with Crippen LogP contribution in [-0.2, 0) is 4.74 Å². The number of hydrogen-bond acceptors (Lipinski definition) is 1. The number of allylic oxidation sites excluding steroid dienone is 6. The molecule has 0 aliphatic carbocycles. The Morgan fingerprint density at radius 2 is 0.957 bits per heavy atom. The van der Waals surface area contributed by atoms with Gasteiger partial charge in [0.15, 0.2) is 0 Å². The third kappa shape index (κ3) is 7.08. The maximum Gasteiger partial charge on any atom is 0.416 e. The van der Waals surface area contributed by atoms with E-state index in [9.17, 15) is 26.3 Å². The Morgan fingerprint density at radius 1 is 0.696 bits per heavy atom. The third-order valence-electron chi connectivity index (χ3n) is 2.40. The normalized spacial score (nSPS) is 13.6. The van der Waals surface area contributed by atoms with Crippen LogP contribution in [0.2, 0.25) is 0 Å². The Bertz CT molecular complexity index is 533. The van der Waals surface area contributed by atoms with E-state index in [4.69, 9.17) is 4.74 Å². The molecule has 0 aliphatic heterocycles. The first-order chi connectivity index (χ1) is 10.2. The maximum absolute atomic E-state index is 12.7. The zero-order valence-corrected chi connectivity index (χ0v) is 12.7. The first kappa shape index (κ1) is 20.8. The quantitative estimate of drug-likeness (QED) is 0.320. The Morgan fingerprint density at radius 3 is 1.13 bits per heavy atom. The van der Waals surface area contributed by atoms with Gasteiger partial charge in [-0.3, -0.25) is 0 Å². The van der Waals surface area contributed by atoms with E-state index in [1.807, 2.05) is 0 Å². The molecule has 23 heavy (non-hydrogen) atoms. The molecule has 7 heteroatoms. The smallest absolute Gasteiger partial charge is 0.416 e. The molecule has 128 valence electrons. The van der Waals surface area contributed by atoms with Crippen molar-refractivity contribution < 1.29 is 31.1 Å². The van der Waals surface area contributed by atoms with Gasteiger partial charge in [0, 0.05) is 0 Å². The molecular formula is C16H16F6O. The summed E-state index contributed by atoms with van der Waals surface area (Å²) in [5.41, 5.74) is -2.78. The van der Waals surface area contributed by atoms with E-state index in [1.54, 1.807) is 0 Å². The lowest BCUT2D eigenvalue weighted by atomic mass is 10.1. The van der Waals surface area contributed by atoms with Gasteiger partial charge in [-0.15, -0.1) is 0 Å². The van der Waals surface area contributed by atoms with Crippen molar-refractivity contribution in [2.24, 2.45) is 0 Å². The Balaban J connectivity index is 5.36. The van der Waals surface area contributed by atoms with Gasteiger partial charge in [0.25, 0.3) is 0 Å². The Kier molecular flexibility index (Phi) is 6.69. The van der Waals surface area contributed by atoms with E-state index in [-0.39, 0.29) is 11.1 Å². The van der Waals surface area contributed by atoms with Crippen LogP contribution in [0.4, 0.5) is 26.3 Å². The molecule has 0 rings (SSSR count). The van der Waals surface area contributed by atoms with Crippen molar-refractivity contribution in [1.29, 1.82) is 0 Å². The average molecular weight is 338 g/mol. The molecule has 0 aliphatic rings. The van der Waals surface area contributed by atoms with Crippen LogP contribution in [-0.4, -0.2) is 12.4 Å². The topological polar surface area (TPSA) is 9.23 Å². The van der Waals surface area contributed by atoms with Gasteiger partial charge in [-0.1, -0.05) is 26.3 Å². The fourth-order valence-corrected chi connectivity index (χ4v) is 1.44. The molecule has 0 aromatic rings. The second-order valence-electron chi connectivity index (χ2n) is 4.71. The van der Waals surface area contributed by atoms with Crippen LogP contribution in [0.1, 0.15) is 13.8 Å². The van der Waals surface area contributed by atoms with Crippen molar-refractivity contribution in [3.8, 4) is 0 Å². The van der Waals surface area contributed by atoms with Crippen LogP contribution in [0.25, 0.3) is 0 Å². The molecule has 0 heterocycles. The van der Waals surface area contributed by atoms with E-state index < -0.39 is 35.0 Å². The van der Waals surface area contributed by atoms with Crippen molar-refractivity contribution in [2.45, 2.75) is 26.2 Å².